The summed E-state index contributed by atoms with van der Waals surface area (Å²) >= 11 is 11.7. The van der Waals surface area contributed by atoms with Crippen LogP contribution in [0.4, 0.5) is 5.69 Å². The highest BCUT2D eigenvalue weighted by Gasteiger charge is 2.18. The molecule has 0 aliphatic rings. The van der Waals surface area contributed by atoms with Gasteiger partial charge in [0.05, 0.1) is 5.02 Å². The van der Waals surface area contributed by atoms with Crippen LogP contribution in [0.2, 0.25) is 10.0 Å². The molecule has 0 heterocycles. The van der Waals surface area contributed by atoms with Crippen LogP contribution in [0.1, 0.15) is 5.56 Å². The van der Waals surface area contributed by atoms with Gasteiger partial charge in [-0.3, -0.25) is 4.72 Å². The van der Waals surface area contributed by atoms with Crippen LogP contribution in [0.3, 0.4) is 0 Å². The first-order chi connectivity index (χ1) is 9.42. The molecule has 0 amide bonds. The zero-order valence-electron chi connectivity index (χ0n) is 10.3. The molecule has 2 rings (SSSR count). The van der Waals surface area contributed by atoms with Crippen LogP contribution in [0.5, 0.6) is 0 Å². The Morgan fingerprint density at radius 2 is 1.85 bits per heavy atom. The van der Waals surface area contributed by atoms with E-state index in [1.165, 1.54) is 18.2 Å². The van der Waals surface area contributed by atoms with Gasteiger partial charge >= 0.3 is 0 Å². The number of benzene rings is 2. The van der Waals surface area contributed by atoms with E-state index >= 15 is 0 Å². The molecule has 0 radical (unpaired) electrons. The van der Waals surface area contributed by atoms with Crippen molar-refractivity contribution in [3.05, 3.63) is 58.1 Å². The van der Waals surface area contributed by atoms with Crippen LogP contribution in [0.25, 0.3) is 0 Å². The number of hydrogen-bond donors (Lipinski definition) is 2. The maximum absolute atomic E-state index is 12.3. The summed E-state index contributed by atoms with van der Waals surface area (Å²) in [6, 6.07) is 11.1. The Kier molecular flexibility index (Phi) is 4.55. The van der Waals surface area contributed by atoms with E-state index in [1.807, 2.05) is 6.07 Å². The molecule has 0 atom stereocenters. The second kappa shape index (κ2) is 6.01. The topological polar surface area (TPSA) is 72.2 Å². The lowest BCUT2D eigenvalue weighted by molar-refractivity contribution is 0.601. The second-order valence-electron chi connectivity index (χ2n) is 4.08. The molecule has 2 aromatic carbocycles. The zero-order chi connectivity index (χ0) is 14.8. The Balaban J connectivity index is 2.38. The van der Waals surface area contributed by atoms with Gasteiger partial charge in [0, 0.05) is 17.3 Å². The number of rotatable bonds is 4. The average molecular weight is 331 g/mol. The summed E-state index contributed by atoms with van der Waals surface area (Å²) in [5, 5.41) is 0.405. The SMILES string of the molecule is NCc1cccc(NS(=O)(=O)c2cc(Cl)ccc2Cl)c1. The Morgan fingerprint density at radius 3 is 2.55 bits per heavy atom. The molecular formula is C13H12Cl2N2O2S. The molecule has 0 aliphatic carbocycles. The first-order valence-electron chi connectivity index (χ1n) is 5.69. The minimum absolute atomic E-state index is 0.0650. The van der Waals surface area contributed by atoms with Crippen LogP contribution in [0, 0.1) is 0 Å². The first kappa shape index (κ1) is 15.1. The lowest BCUT2D eigenvalue weighted by Gasteiger charge is -2.10. The number of anilines is 1. The lowest BCUT2D eigenvalue weighted by Crippen LogP contribution is -2.13. The fourth-order valence-corrected chi connectivity index (χ4v) is 3.47. The zero-order valence-corrected chi connectivity index (χ0v) is 12.6. The highest BCUT2D eigenvalue weighted by atomic mass is 35.5. The van der Waals surface area contributed by atoms with Crippen molar-refractivity contribution < 1.29 is 8.42 Å². The third-order valence-corrected chi connectivity index (χ3v) is 4.70. The lowest BCUT2D eigenvalue weighted by atomic mass is 10.2. The van der Waals surface area contributed by atoms with E-state index < -0.39 is 10.0 Å². The molecule has 0 spiro atoms. The second-order valence-corrected chi connectivity index (χ2v) is 6.58. The summed E-state index contributed by atoms with van der Waals surface area (Å²) in [4.78, 5) is -0.0650. The van der Waals surface area contributed by atoms with Crippen molar-refractivity contribution in [1.82, 2.24) is 0 Å². The van der Waals surface area contributed by atoms with Gasteiger partial charge in [-0.2, -0.15) is 0 Å². The van der Waals surface area contributed by atoms with Crippen molar-refractivity contribution in [1.29, 1.82) is 0 Å². The number of sulfonamides is 1. The molecule has 106 valence electrons. The summed E-state index contributed by atoms with van der Waals surface area (Å²) in [5.74, 6) is 0. The van der Waals surface area contributed by atoms with Gasteiger partial charge in [0.15, 0.2) is 0 Å². The smallest absolute Gasteiger partial charge is 0.263 e. The van der Waals surface area contributed by atoms with Crippen LogP contribution in [-0.4, -0.2) is 8.42 Å². The van der Waals surface area contributed by atoms with Crippen LogP contribution in [0.15, 0.2) is 47.4 Å². The van der Waals surface area contributed by atoms with Gasteiger partial charge < -0.3 is 5.73 Å². The van der Waals surface area contributed by atoms with Crippen molar-refractivity contribution >= 4 is 38.9 Å². The van der Waals surface area contributed by atoms with Crippen LogP contribution in [-0.2, 0) is 16.6 Å². The van der Waals surface area contributed by atoms with E-state index in [4.69, 9.17) is 28.9 Å². The summed E-state index contributed by atoms with van der Waals surface area (Å²) < 4.78 is 27.0. The summed E-state index contributed by atoms with van der Waals surface area (Å²) in [6.07, 6.45) is 0. The van der Waals surface area contributed by atoms with Crippen molar-refractivity contribution in [2.24, 2.45) is 5.73 Å². The molecule has 4 nitrogen and oxygen atoms in total. The van der Waals surface area contributed by atoms with E-state index in [9.17, 15) is 8.42 Å². The minimum atomic E-state index is -3.80. The molecule has 0 fully saturated rings. The standard InChI is InChI=1S/C13H12Cl2N2O2S/c14-10-4-5-12(15)13(7-10)20(18,19)17-11-3-1-2-9(6-11)8-16/h1-7,17H,8,16H2. The van der Waals surface area contributed by atoms with Gasteiger partial charge in [-0.1, -0.05) is 35.3 Å². The maximum atomic E-state index is 12.3. The van der Waals surface area contributed by atoms with E-state index in [0.29, 0.717) is 17.3 Å². The van der Waals surface area contributed by atoms with E-state index in [0.717, 1.165) is 5.56 Å². The molecule has 20 heavy (non-hydrogen) atoms. The van der Waals surface area contributed by atoms with Gasteiger partial charge in [0.2, 0.25) is 0 Å². The van der Waals surface area contributed by atoms with E-state index in [2.05, 4.69) is 4.72 Å². The number of halogens is 2. The van der Waals surface area contributed by atoms with Gasteiger partial charge in [0.25, 0.3) is 10.0 Å². The third-order valence-electron chi connectivity index (χ3n) is 2.60. The molecule has 0 aliphatic heterocycles. The fraction of sp³-hybridized carbons (Fsp3) is 0.0769. The molecular weight excluding hydrogens is 319 g/mol. The predicted molar refractivity (Wildman–Crippen MR) is 81.6 cm³/mol. The molecule has 2 aromatic rings. The number of nitrogens with one attached hydrogen (secondary N) is 1. The molecule has 0 bridgehead atoms. The average Bonchev–Trinajstić information content (AvgIpc) is 2.41. The molecule has 0 aromatic heterocycles. The van der Waals surface area contributed by atoms with Crippen LogP contribution >= 0.6 is 23.2 Å². The normalized spacial score (nSPS) is 11.3. The van der Waals surface area contributed by atoms with Gasteiger partial charge in [-0.15, -0.1) is 0 Å². The number of nitrogens with two attached hydrogens (primary N) is 1. The molecule has 0 saturated heterocycles. The monoisotopic (exact) mass is 330 g/mol. The van der Waals surface area contributed by atoms with E-state index in [-0.39, 0.29) is 9.92 Å². The molecule has 0 unspecified atom stereocenters. The number of hydrogen-bond acceptors (Lipinski definition) is 3. The summed E-state index contributed by atoms with van der Waals surface area (Å²) in [7, 11) is -3.80. The molecule has 3 N–H and O–H groups in total. The quantitative estimate of drug-likeness (QED) is 0.903. The highest BCUT2D eigenvalue weighted by Crippen LogP contribution is 2.27. The van der Waals surface area contributed by atoms with Gasteiger partial charge in [0.1, 0.15) is 4.90 Å². The summed E-state index contributed by atoms with van der Waals surface area (Å²) in [5.41, 5.74) is 6.76. The fourth-order valence-electron chi connectivity index (χ4n) is 1.66. The molecule has 7 heteroatoms. The van der Waals surface area contributed by atoms with E-state index in [1.54, 1.807) is 18.2 Å². The van der Waals surface area contributed by atoms with Crippen molar-refractivity contribution in [2.75, 3.05) is 4.72 Å². The molecule has 0 saturated carbocycles. The van der Waals surface area contributed by atoms with Crippen molar-refractivity contribution in [3.63, 3.8) is 0 Å². The Bertz CT molecular complexity index is 733. The van der Waals surface area contributed by atoms with Crippen molar-refractivity contribution in [3.8, 4) is 0 Å². The first-order valence-corrected chi connectivity index (χ1v) is 7.93. The Morgan fingerprint density at radius 1 is 1.10 bits per heavy atom. The summed E-state index contributed by atoms with van der Waals surface area (Å²) in [6.45, 7) is 0.327. The third kappa shape index (κ3) is 3.43. The Hall–Kier alpha value is -1.27. The minimum Gasteiger partial charge on any atom is -0.326 e. The van der Waals surface area contributed by atoms with Gasteiger partial charge in [-0.05, 0) is 35.9 Å². The van der Waals surface area contributed by atoms with Crippen molar-refractivity contribution in [2.45, 2.75) is 11.4 Å². The Labute approximate surface area is 127 Å². The highest BCUT2D eigenvalue weighted by molar-refractivity contribution is 7.92. The van der Waals surface area contributed by atoms with Gasteiger partial charge in [-0.25, -0.2) is 8.42 Å². The largest absolute Gasteiger partial charge is 0.326 e. The van der Waals surface area contributed by atoms with Crippen LogP contribution < -0.4 is 10.5 Å². The predicted octanol–water partition coefficient (Wildman–Crippen LogP) is 3.25. The maximum Gasteiger partial charge on any atom is 0.263 e.